The van der Waals surface area contributed by atoms with Crippen LogP contribution < -0.4 is 5.73 Å². The van der Waals surface area contributed by atoms with Gasteiger partial charge in [-0.3, -0.25) is 0 Å². The van der Waals surface area contributed by atoms with E-state index >= 15 is 0 Å². The highest BCUT2D eigenvalue weighted by Gasteiger charge is 2.24. The summed E-state index contributed by atoms with van der Waals surface area (Å²) in [4.78, 5) is 0. The van der Waals surface area contributed by atoms with Crippen molar-refractivity contribution >= 4 is 15.9 Å². The predicted octanol–water partition coefficient (Wildman–Crippen LogP) is 3.78. The fourth-order valence-electron chi connectivity index (χ4n) is 2.34. The lowest BCUT2D eigenvalue weighted by Crippen LogP contribution is -2.19. The monoisotopic (exact) mass is 271 g/mol. The van der Waals surface area contributed by atoms with Crippen molar-refractivity contribution in [2.45, 2.75) is 31.7 Å². The molecule has 0 spiro atoms. The summed E-state index contributed by atoms with van der Waals surface area (Å²) in [6, 6.07) is 4.71. The van der Waals surface area contributed by atoms with E-state index in [0.717, 1.165) is 10.0 Å². The van der Waals surface area contributed by atoms with E-state index in [4.69, 9.17) is 5.73 Å². The van der Waals surface area contributed by atoms with Crippen LogP contribution in [0.5, 0.6) is 0 Å². The Bertz CT molecular complexity index is 347. The molecule has 0 saturated heterocycles. The lowest BCUT2D eigenvalue weighted by Gasteiger charge is -2.20. The summed E-state index contributed by atoms with van der Waals surface area (Å²) in [7, 11) is 0. The van der Waals surface area contributed by atoms with Gasteiger partial charge in [0.05, 0.1) is 0 Å². The highest BCUT2D eigenvalue weighted by Crippen LogP contribution is 2.36. The molecule has 1 atom stereocenters. The van der Waals surface area contributed by atoms with Crippen LogP contribution >= 0.6 is 15.9 Å². The molecular weight excluding hydrogens is 257 g/mol. The van der Waals surface area contributed by atoms with Gasteiger partial charge in [-0.15, -0.1) is 0 Å². The van der Waals surface area contributed by atoms with Crippen LogP contribution in [0.3, 0.4) is 0 Å². The molecule has 0 radical (unpaired) electrons. The van der Waals surface area contributed by atoms with E-state index in [1.165, 1.54) is 31.7 Å². The summed E-state index contributed by atoms with van der Waals surface area (Å²) in [5.74, 6) is 0.310. The predicted molar refractivity (Wildman–Crippen MR) is 63.0 cm³/mol. The zero-order chi connectivity index (χ0) is 10.8. The molecule has 0 aliphatic heterocycles. The SMILES string of the molecule is N[C@@H](c1cc(F)ccc1Br)C1CCCC1. The molecular formula is C12H15BrFN. The number of nitrogens with two attached hydrogens (primary N) is 1. The maximum absolute atomic E-state index is 13.1. The Hall–Kier alpha value is -0.410. The summed E-state index contributed by atoms with van der Waals surface area (Å²) in [6.45, 7) is 0. The Kier molecular flexibility index (Phi) is 3.42. The second kappa shape index (κ2) is 4.62. The molecule has 0 bridgehead atoms. The van der Waals surface area contributed by atoms with E-state index in [1.807, 2.05) is 0 Å². The summed E-state index contributed by atoms with van der Waals surface area (Å²) >= 11 is 3.43. The van der Waals surface area contributed by atoms with Crippen LogP contribution in [0.1, 0.15) is 37.3 Å². The van der Waals surface area contributed by atoms with Crippen molar-refractivity contribution in [3.63, 3.8) is 0 Å². The average molecular weight is 272 g/mol. The lowest BCUT2D eigenvalue weighted by molar-refractivity contribution is 0.442. The van der Waals surface area contributed by atoms with Gasteiger partial charge in [0.2, 0.25) is 0 Å². The van der Waals surface area contributed by atoms with Gasteiger partial charge in [-0.2, -0.15) is 0 Å². The van der Waals surface area contributed by atoms with Gasteiger partial charge in [-0.05, 0) is 42.5 Å². The molecule has 1 aromatic carbocycles. The zero-order valence-corrected chi connectivity index (χ0v) is 10.1. The molecule has 2 rings (SSSR count). The second-order valence-electron chi connectivity index (χ2n) is 4.24. The molecule has 82 valence electrons. The van der Waals surface area contributed by atoms with Crippen LogP contribution in [-0.4, -0.2) is 0 Å². The highest BCUT2D eigenvalue weighted by atomic mass is 79.9. The quantitative estimate of drug-likeness (QED) is 0.871. The molecule has 1 fully saturated rings. The number of benzene rings is 1. The molecule has 3 heteroatoms. The van der Waals surface area contributed by atoms with Crippen LogP contribution in [0.15, 0.2) is 22.7 Å². The van der Waals surface area contributed by atoms with Crippen molar-refractivity contribution in [2.24, 2.45) is 11.7 Å². The lowest BCUT2D eigenvalue weighted by atomic mass is 9.92. The first kappa shape index (κ1) is 11.1. The van der Waals surface area contributed by atoms with Gasteiger partial charge in [-0.1, -0.05) is 28.8 Å². The Morgan fingerprint density at radius 3 is 2.67 bits per heavy atom. The van der Waals surface area contributed by atoms with E-state index < -0.39 is 0 Å². The number of hydrogen-bond donors (Lipinski definition) is 1. The first-order chi connectivity index (χ1) is 7.18. The van der Waals surface area contributed by atoms with E-state index in [2.05, 4.69) is 15.9 Å². The Morgan fingerprint density at radius 1 is 1.33 bits per heavy atom. The third kappa shape index (κ3) is 2.40. The molecule has 1 saturated carbocycles. The first-order valence-corrected chi connectivity index (χ1v) is 6.18. The maximum atomic E-state index is 13.1. The number of hydrogen-bond acceptors (Lipinski definition) is 1. The van der Waals surface area contributed by atoms with Crippen molar-refractivity contribution in [2.75, 3.05) is 0 Å². The molecule has 0 aromatic heterocycles. The van der Waals surface area contributed by atoms with E-state index in [0.29, 0.717) is 5.92 Å². The van der Waals surface area contributed by atoms with Gasteiger partial charge in [0.25, 0.3) is 0 Å². The first-order valence-electron chi connectivity index (χ1n) is 5.39. The molecule has 0 heterocycles. The third-order valence-corrected chi connectivity index (χ3v) is 3.95. The Labute approximate surface area is 98.0 Å². The summed E-state index contributed by atoms with van der Waals surface area (Å²) < 4.78 is 14.0. The average Bonchev–Trinajstić information content (AvgIpc) is 2.74. The van der Waals surface area contributed by atoms with Crippen LogP contribution in [0.4, 0.5) is 4.39 Å². The topological polar surface area (TPSA) is 26.0 Å². The Morgan fingerprint density at radius 2 is 2.00 bits per heavy atom. The minimum atomic E-state index is -0.207. The number of halogens is 2. The van der Waals surface area contributed by atoms with E-state index in [1.54, 1.807) is 12.1 Å². The van der Waals surface area contributed by atoms with Crippen LogP contribution in [0.25, 0.3) is 0 Å². The summed E-state index contributed by atoms with van der Waals surface area (Å²) in [5.41, 5.74) is 7.08. The largest absolute Gasteiger partial charge is 0.324 e. The van der Waals surface area contributed by atoms with Gasteiger partial charge in [0.15, 0.2) is 0 Å². The van der Waals surface area contributed by atoms with Gasteiger partial charge < -0.3 is 5.73 Å². The van der Waals surface area contributed by atoms with Crippen molar-refractivity contribution in [3.05, 3.63) is 34.1 Å². The van der Waals surface area contributed by atoms with Gasteiger partial charge in [0, 0.05) is 10.5 Å². The molecule has 1 nitrogen and oxygen atoms in total. The van der Waals surface area contributed by atoms with E-state index in [9.17, 15) is 4.39 Å². The summed E-state index contributed by atoms with van der Waals surface area (Å²) in [6.07, 6.45) is 4.85. The van der Waals surface area contributed by atoms with Crippen molar-refractivity contribution in [3.8, 4) is 0 Å². The fraction of sp³-hybridized carbons (Fsp3) is 0.500. The van der Waals surface area contributed by atoms with Crippen LogP contribution in [0, 0.1) is 11.7 Å². The third-order valence-electron chi connectivity index (χ3n) is 3.22. The second-order valence-corrected chi connectivity index (χ2v) is 5.09. The van der Waals surface area contributed by atoms with Crippen molar-refractivity contribution < 1.29 is 4.39 Å². The zero-order valence-electron chi connectivity index (χ0n) is 8.55. The highest BCUT2D eigenvalue weighted by molar-refractivity contribution is 9.10. The minimum Gasteiger partial charge on any atom is -0.324 e. The molecule has 0 unspecified atom stereocenters. The van der Waals surface area contributed by atoms with E-state index in [-0.39, 0.29) is 11.9 Å². The molecule has 15 heavy (non-hydrogen) atoms. The molecule has 1 aliphatic carbocycles. The van der Waals surface area contributed by atoms with Gasteiger partial charge in [0.1, 0.15) is 5.82 Å². The van der Waals surface area contributed by atoms with Crippen molar-refractivity contribution in [1.82, 2.24) is 0 Å². The number of rotatable bonds is 2. The standard InChI is InChI=1S/C12H15BrFN/c13-11-6-5-9(14)7-10(11)12(15)8-3-1-2-4-8/h5-8,12H,1-4,15H2/t12-/m1/s1. The minimum absolute atomic E-state index is 0.0300. The summed E-state index contributed by atoms with van der Waals surface area (Å²) in [5, 5.41) is 0. The van der Waals surface area contributed by atoms with Gasteiger partial charge in [-0.25, -0.2) is 4.39 Å². The normalized spacial score (nSPS) is 19.4. The van der Waals surface area contributed by atoms with Crippen LogP contribution in [0.2, 0.25) is 0 Å². The van der Waals surface area contributed by atoms with Crippen LogP contribution in [-0.2, 0) is 0 Å². The van der Waals surface area contributed by atoms with Crippen molar-refractivity contribution in [1.29, 1.82) is 0 Å². The molecule has 2 N–H and O–H groups in total. The molecule has 1 aromatic rings. The molecule has 0 amide bonds. The van der Waals surface area contributed by atoms with Gasteiger partial charge >= 0.3 is 0 Å². The smallest absolute Gasteiger partial charge is 0.123 e. The fourth-order valence-corrected chi connectivity index (χ4v) is 2.85. The maximum Gasteiger partial charge on any atom is 0.123 e. The Balaban J connectivity index is 2.23. The molecule has 1 aliphatic rings.